The van der Waals surface area contributed by atoms with Crippen molar-refractivity contribution in [3.63, 3.8) is 0 Å². The maximum absolute atomic E-state index is 12.4. The lowest BCUT2D eigenvalue weighted by atomic mass is 9.84. The van der Waals surface area contributed by atoms with E-state index in [1.54, 1.807) is 7.11 Å². The fourth-order valence-corrected chi connectivity index (χ4v) is 3.74. The summed E-state index contributed by atoms with van der Waals surface area (Å²) in [5, 5.41) is 31.6. The van der Waals surface area contributed by atoms with Crippen LogP contribution in [0.25, 0.3) is 0 Å². The van der Waals surface area contributed by atoms with Gasteiger partial charge in [0.1, 0.15) is 24.9 Å². The average molecular weight is 541 g/mol. The molecule has 1 unspecified atom stereocenters. The number of aromatic nitrogens is 2. The molecule has 0 saturated carbocycles. The molecule has 0 aromatic carbocycles. The highest BCUT2D eigenvalue weighted by molar-refractivity contribution is 14.1. The molecule has 0 radical (unpaired) electrons. The SMILES string of the molecule is CCC(CC)(COC)COC(=O)Nc1nc(=O)n(C2O[C@H](CO)[C@@H](O)[C@H]2O)cc1I. The van der Waals surface area contributed by atoms with Gasteiger partial charge >= 0.3 is 11.8 Å². The third kappa shape index (κ3) is 5.48. The van der Waals surface area contributed by atoms with Crippen molar-refractivity contribution in [2.75, 3.05) is 32.2 Å². The molecule has 1 aliphatic heterocycles. The van der Waals surface area contributed by atoms with Gasteiger partial charge in [0.15, 0.2) is 12.0 Å². The first-order valence-corrected chi connectivity index (χ1v) is 10.6. The van der Waals surface area contributed by atoms with Gasteiger partial charge in [0.05, 0.1) is 16.8 Å². The summed E-state index contributed by atoms with van der Waals surface area (Å²) in [6.07, 6.45) is -2.89. The normalized spacial score (nSPS) is 24.1. The highest BCUT2D eigenvalue weighted by Crippen LogP contribution is 2.29. The van der Waals surface area contributed by atoms with Crippen molar-refractivity contribution in [2.24, 2.45) is 5.41 Å². The fraction of sp³-hybridized carbons (Fsp3) is 0.722. The van der Waals surface area contributed by atoms with Crippen LogP contribution in [-0.4, -0.2) is 76.2 Å². The van der Waals surface area contributed by atoms with Crippen LogP contribution in [-0.2, 0) is 14.2 Å². The molecule has 4 N–H and O–H groups in total. The van der Waals surface area contributed by atoms with E-state index < -0.39 is 42.9 Å². The molecule has 1 amide bonds. The smallest absolute Gasteiger partial charge is 0.412 e. The van der Waals surface area contributed by atoms with Gasteiger partial charge in [-0.05, 0) is 35.4 Å². The number of aliphatic hydroxyl groups excluding tert-OH is 3. The van der Waals surface area contributed by atoms with Gasteiger partial charge < -0.3 is 29.5 Å². The molecule has 1 aliphatic rings. The highest BCUT2D eigenvalue weighted by atomic mass is 127. The second-order valence-corrected chi connectivity index (χ2v) is 8.36. The number of amides is 1. The number of halogens is 1. The molecule has 2 rings (SSSR count). The summed E-state index contributed by atoms with van der Waals surface area (Å²) in [7, 11) is 1.59. The van der Waals surface area contributed by atoms with Crippen LogP contribution in [0.2, 0.25) is 0 Å². The number of carbonyl (C=O) groups excluding carboxylic acids is 1. The summed E-state index contributed by atoms with van der Waals surface area (Å²) in [4.78, 5) is 28.4. The van der Waals surface area contributed by atoms with Gasteiger partial charge in [-0.3, -0.25) is 9.88 Å². The third-order valence-electron chi connectivity index (χ3n) is 5.38. The number of aliphatic hydroxyl groups is 3. The molecule has 0 bridgehead atoms. The molecule has 170 valence electrons. The lowest BCUT2D eigenvalue weighted by Crippen LogP contribution is -2.37. The van der Waals surface area contributed by atoms with Gasteiger partial charge in [-0.2, -0.15) is 4.98 Å². The van der Waals surface area contributed by atoms with Crippen LogP contribution in [0.4, 0.5) is 10.6 Å². The first-order valence-electron chi connectivity index (χ1n) is 9.55. The first-order chi connectivity index (χ1) is 14.2. The molecule has 0 aliphatic carbocycles. The van der Waals surface area contributed by atoms with E-state index in [-0.39, 0.29) is 17.8 Å². The van der Waals surface area contributed by atoms with Gasteiger partial charge in [0.25, 0.3) is 0 Å². The minimum Gasteiger partial charge on any atom is -0.449 e. The molecule has 4 atom stereocenters. The predicted octanol–water partition coefficient (Wildman–Crippen LogP) is 0.461. The van der Waals surface area contributed by atoms with Gasteiger partial charge in [0, 0.05) is 18.7 Å². The van der Waals surface area contributed by atoms with E-state index in [4.69, 9.17) is 14.2 Å². The number of nitrogens with one attached hydrogen (secondary N) is 1. The zero-order chi connectivity index (χ0) is 22.5. The van der Waals surface area contributed by atoms with E-state index in [2.05, 4.69) is 10.3 Å². The van der Waals surface area contributed by atoms with Crippen LogP contribution in [0.5, 0.6) is 0 Å². The second kappa shape index (κ2) is 10.8. The molecule has 1 aromatic heterocycles. The monoisotopic (exact) mass is 541 g/mol. The van der Waals surface area contributed by atoms with Crippen LogP contribution in [0.15, 0.2) is 11.0 Å². The number of methoxy groups -OCH3 is 1. The van der Waals surface area contributed by atoms with Crippen molar-refractivity contribution in [1.29, 1.82) is 0 Å². The standard InChI is InChI=1S/C18H28IN3O8/c1-4-18(5-2,8-28-3)9-29-17(27)21-14-10(19)6-22(16(26)20-14)15-13(25)12(24)11(7-23)30-15/h6,11-13,15,23-25H,4-5,7-9H2,1-3H3,(H,20,21,26,27)/t11-,12-,13-,15?/m1/s1. The van der Waals surface area contributed by atoms with Crippen LogP contribution in [0, 0.1) is 8.99 Å². The lowest BCUT2D eigenvalue weighted by molar-refractivity contribution is -0.0550. The van der Waals surface area contributed by atoms with Crippen LogP contribution < -0.4 is 11.0 Å². The Hall–Kier alpha value is -1.32. The van der Waals surface area contributed by atoms with Crippen molar-refractivity contribution in [2.45, 2.75) is 51.2 Å². The summed E-state index contributed by atoms with van der Waals surface area (Å²) in [6.45, 7) is 4.07. The van der Waals surface area contributed by atoms with Gasteiger partial charge in [-0.1, -0.05) is 13.8 Å². The van der Waals surface area contributed by atoms with E-state index >= 15 is 0 Å². The van der Waals surface area contributed by atoms with Gasteiger partial charge in [0.2, 0.25) is 0 Å². The Morgan fingerprint density at radius 3 is 2.53 bits per heavy atom. The summed E-state index contributed by atoms with van der Waals surface area (Å²) in [5.74, 6) is -0.000989. The predicted molar refractivity (Wildman–Crippen MR) is 114 cm³/mol. The van der Waals surface area contributed by atoms with Crippen LogP contribution >= 0.6 is 22.6 Å². The number of ether oxygens (including phenoxy) is 3. The number of hydrogen-bond donors (Lipinski definition) is 4. The van der Waals surface area contributed by atoms with Crippen LogP contribution in [0.1, 0.15) is 32.9 Å². The molecule has 1 aromatic rings. The molecule has 1 fully saturated rings. The average Bonchev–Trinajstić information content (AvgIpc) is 3.02. The summed E-state index contributed by atoms with van der Waals surface area (Å²) in [5.41, 5.74) is -1.10. The van der Waals surface area contributed by atoms with Crippen molar-refractivity contribution in [3.8, 4) is 0 Å². The largest absolute Gasteiger partial charge is 0.449 e. The first kappa shape index (κ1) is 24.9. The van der Waals surface area contributed by atoms with Crippen molar-refractivity contribution in [1.82, 2.24) is 9.55 Å². The number of nitrogens with zero attached hydrogens (tertiary/aromatic N) is 2. The molecule has 12 heteroatoms. The van der Waals surface area contributed by atoms with E-state index in [1.807, 2.05) is 36.4 Å². The molecule has 30 heavy (non-hydrogen) atoms. The van der Waals surface area contributed by atoms with E-state index in [0.717, 1.165) is 17.4 Å². The number of rotatable bonds is 9. The maximum Gasteiger partial charge on any atom is 0.412 e. The fourth-order valence-electron chi connectivity index (χ4n) is 3.18. The second-order valence-electron chi connectivity index (χ2n) is 7.20. The Kier molecular flexibility index (Phi) is 8.99. The van der Waals surface area contributed by atoms with Crippen molar-refractivity contribution in [3.05, 3.63) is 20.3 Å². The van der Waals surface area contributed by atoms with E-state index in [9.17, 15) is 24.9 Å². The zero-order valence-corrected chi connectivity index (χ0v) is 19.2. The number of carbonyl (C=O) groups is 1. The van der Waals surface area contributed by atoms with Gasteiger partial charge in [-0.15, -0.1) is 0 Å². The number of anilines is 1. The van der Waals surface area contributed by atoms with Crippen molar-refractivity contribution >= 4 is 34.5 Å². The summed E-state index contributed by atoms with van der Waals surface area (Å²) >= 11 is 1.86. The molecule has 11 nitrogen and oxygen atoms in total. The molecular weight excluding hydrogens is 513 g/mol. The van der Waals surface area contributed by atoms with E-state index in [1.165, 1.54) is 6.20 Å². The Balaban J connectivity index is 2.11. The number of hydrogen-bond acceptors (Lipinski definition) is 9. The Morgan fingerprint density at radius 2 is 2.00 bits per heavy atom. The summed E-state index contributed by atoms with van der Waals surface area (Å²) < 4.78 is 17.3. The molecular formula is C18H28IN3O8. The molecule has 2 heterocycles. The van der Waals surface area contributed by atoms with Gasteiger partial charge in [-0.25, -0.2) is 9.59 Å². The minimum atomic E-state index is -1.42. The molecule has 0 spiro atoms. The highest BCUT2D eigenvalue weighted by Gasteiger charge is 2.44. The Morgan fingerprint density at radius 1 is 1.33 bits per heavy atom. The van der Waals surface area contributed by atoms with Crippen molar-refractivity contribution < 1.29 is 34.3 Å². The Labute approximate surface area is 187 Å². The zero-order valence-electron chi connectivity index (χ0n) is 17.1. The lowest BCUT2D eigenvalue weighted by Gasteiger charge is -2.30. The Bertz CT molecular complexity index is 785. The topological polar surface area (TPSA) is 152 Å². The quantitative estimate of drug-likeness (QED) is 0.327. The van der Waals surface area contributed by atoms with Crippen LogP contribution in [0.3, 0.4) is 0 Å². The van der Waals surface area contributed by atoms with E-state index in [0.29, 0.717) is 10.2 Å². The third-order valence-corrected chi connectivity index (χ3v) is 6.17. The summed E-state index contributed by atoms with van der Waals surface area (Å²) in [6, 6.07) is 0. The molecule has 1 saturated heterocycles. The maximum atomic E-state index is 12.4. The minimum absolute atomic E-state index is 0.000989.